The molecule has 0 aromatic heterocycles. The first-order chi connectivity index (χ1) is 49.3. The van der Waals surface area contributed by atoms with Crippen LogP contribution in [-0.2, 0) is 43.3 Å². The average molecular weight is 1450 g/mol. The maximum atomic E-state index is 2.87. The minimum atomic E-state index is -4.11. The zero-order valence-corrected chi connectivity index (χ0v) is 71.0. The molecule has 0 radical (unpaired) electrons. The molecule has 4 aliphatic carbocycles. The molecule has 0 nitrogen and oxygen atoms in total. The molecule has 0 atom stereocenters. The van der Waals surface area contributed by atoms with Crippen LogP contribution in [-0.4, -0.2) is 13.3 Å². The molecule has 0 N–H and O–H groups in total. The van der Waals surface area contributed by atoms with Crippen LogP contribution in [0.5, 0.6) is 0 Å². The average Bonchev–Trinajstić information content (AvgIpc) is 1.60. The van der Waals surface area contributed by atoms with Crippen LogP contribution < -0.4 is 17.6 Å². The first kappa shape index (κ1) is 74.6. The molecule has 14 rings (SSSR count). The summed E-state index contributed by atoms with van der Waals surface area (Å²) in [7, 11) is 0. The first-order valence-electron chi connectivity index (χ1n) is 40.7. The molecule has 0 amide bonds. The molecule has 0 heterocycles. The van der Waals surface area contributed by atoms with Crippen LogP contribution in [0.2, 0.25) is 0 Å². The Bertz CT molecular complexity index is 4640. The van der Waals surface area contributed by atoms with E-state index in [2.05, 4.69) is 360 Å². The van der Waals surface area contributed by atoms with Crippen LogP contribution >= 0.6 is 0 Å². The van der Waals surface area contributed by atoms with Gasteiger partial charge in [-0.05, 0) is 22.0 Å². The van der Waals surface area contributed by atoms with E-state index in [1.165, 1.54) is 140 Å². The molecule has 105 heavy (non-hydrogen) atoms. The number of fused-ring (bicyclic) bond motifs is 12. The van der Waals surface area contributed by atoms with Gasteiger partial charge in [-0.3, -0.25) is 0 Å². The van der Waals surface area contributed by atoms with Crippen molar-refractivity contribution in [3.05, 3.63) is 261 Å². The van der Waals surface area contributed by atoms with Crippen molar-refractivity contribution >= 4 is 30.8 Å². The van der Waals surface area contributed by atoms with Crippen molar-refractivity contribution in [1.82, 2.24) is 0 Å². The third-order valence-corrected chi connectivity index (χ3v) is 36.2. The Hall–Kier alpha value is -7.26. The van der Waals surface area contributed by atoms with Crippen LogP contribution in [0.15, 0.2) is 194 Å². The molecule has 0 unspecified atom stereocenters. The van der Waals surface area contributed by atoms with Crippen molar-refractivity contribution in [2.45, 2.75) is 261 Å². The molecule has 544 valence electrons. The summed E-state index contributed by atoms with van der Waals surface area (Å²) < 4.78 is 6.03. The van der Waals surface area contributed by atoms with Gasteiger partial charge in [-0.25, -0.2) is 0 Å². The van der Waals surface area contributed by atoms with Crippen LogP contribution in [0.1, 0.15) is 284 Å². The van der Waals surface area contributed by atoms with E-state index in [4.69, 9.17) is 0 Å². The predicted molar refractivity (Wildman–Crippen MR) is 460 cm³/mol. The van der Waals surface area contributed by atoms with Crippen molar-refractivity contribution in [1.29, 1.82) is 0 Å². The van der Waals surface area contributed by atoms with Crippen molar-refractivity contribution < 1.29 is 0 Å². The van der Waals surface area contributed by atoms with E-state index < -0.39 is 13.3 Å². The van der Waals surface area contributed by atoms with Crippen molar-refractivity contribution in [3.63, 3.8) is 0 Å². The van der Waals surface area contributed by atoms with Gasteiger partial charge in [-0.15, -0.1) is 0 Å². The van der Waals surface area contributed by atoms with Crippen LogP contribution in [0.25, 0.3) is 66.8 Å². The zero-order chi connectivity index (χ0) is 75.3. The topological polar surface area (TPSA) is 0 Å². The Morgan fingerprint density at radius 1 is 0.257 bits per heavy atom. The minimum absolute atomic E-state index is 0.0411. The summed E-state index contributed by atoms with van der Waals surface area (Å²) in [5.41, 5.74) is 33.7. The molecule has 0 bridgehead atoms. The quantitative estimate of drug-likeness (QED) is 0.0751. The molecule has 1 heteroatoms. The Morgan fingerprint density at radius 2 is 0.543 bits per heavy atom. The van der Waals surface area contributed by atoms with Crippen LogP contribution in [0.3, 0.4) is 0 Å². The van der Waals surface area contributed by atoms with Gasteiger partial charge < -0.3 is 0 Å². The molecular formula is C104H124Ge. The van der Waals surface area contributed by atoms with E-state index in [9.17, 15) is 0 Å². The SMILES string of the molecule is CC(C)CCC1(CCC(C)C)c2cc(-c3cc(C(C)(C)C)cc4c3-c3ccc(C(C)(C)C)cc3C4(C)C)ccc2-c2cc[c]([Ge]([c]3ccccc3)([c]3ccccc3)[c]3ccc4c(c3)C(CCC(C)C)(CCC(C)C)c3cc(-c5cc(C(C)(C)C)cc6c5-c5ccc(C(C)(C)C)cc5C6(C)C)ccc3-4)cc21. The number of hydrogen-bond acceptors (Lipinski definition) is 0. The zero-order valence-electron chi connectivity index (χ0n) is 68.9. The Kier molecular flexibility index (Phi) is 18.9. The van der Waals surface area contributed by atoms with Crippen LogP contribution in [0.4, 0.5) is 0 Å². The fourth-order valence-corrected chi connectivity index (χ4v) is 29.6. The van der Waals surface area contributed by atoms with E-state index in [-0.39, 0.29) is 43.3 Å². The third-order valence-electron chi connectivity index (χ3n) is 26.2. The van der Waals surface area contributed by atoms with Crippen molar-refractivity contribution in [2.24, 2.45) is 23.7 Å². The van der Waals surface area contributed by atoms with Crippen LogP contribution in [0, 0.1) is 23.7 Å². The summed E-state index contributed by atoms with van der Waals surface area (Å²) in [5, 5.41) is 0. The summed E-state index contributed by atoms with van der Waals surface area (Å²) in [5.74, 6) is 2.19. The Balaban J connectivity index is 1.00. The van der Waals surface area contributed by atoms with Gasteiger partial charge in [0.05, 0.1) is 0 Å². The summed E-state index contributed by atoms with van der Waals surface area (Å²) in [6, 6.07) is 81.3. The fraction of sp³-hybridized carbons (Fsp3) is 0.423. The van der Waals surface area contributed by atoms with E-state index in [1.807, 2.05) is 0 Å². The molecule has 10 aromatic carbocycles. The maximum absolute atomic E-state index is 4.11. The summed E-state index contributed by atoms with van der Waals surface area (Å²) in [6.45, 7) is 58.3. The second kappa shape index (κ2) is 26.6. The van der Waals surface area contributed by atoms with E-state index >= 15 is 0 Å². The van der Waals surface area contributed by atoms with Gasteiger partial charge in [0.2, 0.25) is 0 Å². The molecule has 4 aliphatic rings. The molecule has 0 spiro atoms. The van der Waals surface area contributed by atoms with Crippen molar-refractivity contribution in [3.8, 4) is 66.8 Å². The first-order valence-corrected chi connectivity index (χ1v) is 44.9. The number of hydrogen-bond donors (Lipinski definition) is 0. The van der Waals surface area contributed by atoms with Gasteiger partial charge in [0.25, 0.3) is 0 Å². The van der Waals surface area contributed by atoms with Gasteiger partial charge in [0.1, 0.15) is 0 Å². The standard InChI is InChI=1S/C104H124Ge/c1-65(2)47-51-103(52-48-66(3)4)89-55-69(85-57-73(99(15,16)17)61-93-95(85)83-43-37-71(97(9,10)11)59-87(83)101(93,21)22)35-41-79(89)81-45-39-77(63-91(81)103)105(75-31-27-25-28-32-75,76-33-29-26-30-34-76)78-40-46-82-80-42-36-70(56-90(80)104(92(82)64-78,53-49-67(5)6)54-50-68(7)8)86-58-74(100(18,19)20)62-94-96(86)84-44-38-72(98(12,13)14)60-88(84)102(94,23)24/h25-46,55-68H,47-54H2,1-24H3. The van der Waals surface area contributed by atoms with Gasteiger partial charge in [0, 0.05) is 0 Å². The molecule has 0 fully saturated rings. The Labute approximate surface area is 638 Å². The van der Waals surface area contributed by atoms with E-state index in [0.717, 1.165) is 51.4 Å². The Morgan fingerprint density at radius 3 is 0.848 bits per heavy atom. The number of rotatable bonds is 18. The molecule has 0 saturated heterocycles. The second-order valence-corrected chi connectivity index (χ2v) is 48.1. The number of benzene rings is 10. The van der Waals surface area contributed by atoms with Gasteiger partial charge in [-0.1, -0.05) is 41.5 Å². The predicted octanol–water partition coefficient (Wildman–Crippen LogP) is 26.5. The summed E-state index contributed by atoms with van der Waals surface area (Å²) >= 11 is -4.11. The normalized spacial score (nSPS) is 15.8. The second-order valence-electron chi connectivity index (χ2n) is 40.1. The van der Waals surface area contributed by atoms with E-state index in [0.29, 0.717) is 23.7 Å². The third kappa shape index (κ3) is 12.6. The molecular weight excluding hydrogens is 1320 g/mol. The fourth-order valence-electron chi connectivity index (χ4n) is 19.6. The van der Waals surface area contributed by atoms with Gasteiger partial charge in [0.15, 0.2) is 0 Å². The summed E-state index contributed by atoms with van der Waals surface area (Å²) in [4.78, 5) is 0. The molecule has 10 aromatic rings. The molecule has 0 aliphatic heterocycles. The monoisotopic (exact) mass is 1450 g/mol. The van der Waals surface area contributed by atoms with E-state index in [1.54, 1.807) is 11.1 Å². The van der Waals surface area contributed by atoms with Crippen molar-refractivity contribution in [2.75, 3.05) is 0 Å². The van der Waals surface area contributed by atoms with Gasteiger partial charge >= 0.3 is 580 Å². The summed E-state index contributed by atoms with van der Waals surface area (Å²) in [6.07, 6.45) is 9.01. The van der Waals surface area contributed by atoms with Gasteiger partial charge in [-0.2, -0.15) is 0 Å². The molecule has 0 saturated carbocycles.